The van der Waals surface area contributed by atoms with Crippen LogP contribution in [-0.2, 0) is 0 Å². The highest BCUT2D eigenvalue weighted by Gasteiger charge is 2.57. The van der Waals surface area contributed by atoms with E-state index in [1.54, 1.807) is 0 Å². The zero-order chi connectivity index (χ0) is 19.4. The summed E-state index contributed by atoms with van der Waals surface area (Å²) in [5.74, 6) is 5.79. The Labute approximate surface area is 167 Å². The van der Waals surface area contributed by atoms with Gasteiger partial charge in [0.25, 0.3) is 0 Å². The van der Waals surface area contributed by atoms with Gasteiger partial charge in [-0.1, -0.05) is 20.8 Å². The Morgan fingerprint density at radius 2 is 1.59 bits per heavy atom. The van der Waals surface area contributed by atoms with Gasteiger partial charge in [-0.3, -0.25) is 0 Å². The molecule has 2 nitrogen and oxygen atoms in total. The number of aliphatic hydroxyl groups excluding tert-OH is 1. The third-order valence-corrected chi connectivity index (χ3v) is 10.0. The largest absolute Gasteiger partial charge is 0.393 e. The van der Waals surface area contributed by atoms with Crippen molar-refractivity contribution in [2.45, 2.75) is 110 Å². The summed E-state index contributed by atoms with van der Waals surface area (Å²) in [7, 11) is 0. The van der Waals surface area contributed by atoms with Gasteiger partial charge in [0.15, 0.2) is 0 Å². The van der Waals surface area contributed by atoms with Crippen molar-refractivity contribution in [3.8, 4) is 0 Å². The van der Waals surface area contributed by atoms with Gasteiger partial charge in [-0.15, -0.1) is 0 Å². The molecule has 0 heterocycles. The molecule has 4 aliphatic carbocycles. The van der Waals surface area contributed by atoms with Crippen LogP contribution in [0.25, 0.3) is 0 Å². The van der Waals surface area contributed by atoms with E-state index in [1.165, 1.54) is 51.4 Å². The SMILES string of the molecule is CC(C)C(O)CCC1CCC2C1CCC1C2CCC2CC(C)(O)CCC21C. The topological polar surface area (TPSA) is 40.5 Å². The highest BCUT2D eigenvalue weighted by atomic mass is 16.3. The van der Waals surface area contributed by atoms with Crippen LogP contribution in [0.3, 0.4) is 0 Å². The Morgan fingerprint density at radius 3 is 2.33 bits per heavy atom. The van der Waals surface area contributed by atoms with Crippen molar-refractivity contribution in [2.24, 2.45) is 46.8 Å². The molecule has 0 aromatic heterocycles. The molecule has 4 saturated carbocycles. The van der Waals surface area contributed by atoms with Crippen molar-refractivity contribution in [1.29, 1.82) is 0 Å². The molecule has 0 aromatic carbocycles. The molecule has 9 atom stereocenters. The van der Waals surface area contributed by atoms with Crippen molar-refractivity contribution in [3.63, 3.8) is 0 Å². The summed E-state index contributed by atoms with van der Waals surface area (Å²) in [4.78, 5) is 0. The molecule has 0 aliphatic heterocycles. The lowest BCUT2D eigenvalue weighted by Crippen LogP contribution is -2.53. The zero-order valence-corrected chi connectivity index (χ0v) is 18.3. The van der Waals surface area contributed by atoms with Crippen molar-refractivity contribution in [3.05, 3.63) is 0 Å². The molecule has 0 amide bonds. The maximum atomic E-state index is 10.6. The normalized spacial score (nSPS) is 50.8. The van der Waals surface area contributed by atoms with Crippen LogP contribution in [-0.4, -0.2) is 21.9 Å². The van der Waals surface area contributed by atoms with Crippen LogP contribution in [0, 0.1) is 46.8 Å². The maximum Gasteiger partial charge on any atom is 0.0622 e. The smallest absolute Gasteiger partial charge is 0.0622 e. The number of hydrogen-bond acceptors (Lipinski definition) is 2. The average Bonchev–Trinajstić information content (AvgIpc) is 3.03. The molecule has 156 valence electrons. The Hall–Kier alpha value is -0.0800. The molecule has 0 bridgehead atoms. The lowest BCUT2D eigenvalue weighted by molar-refractivity contribution is -0.133. The lowest BCUT2D eigenvalue weighted by atomic mass is 9.46. The molecule has 2 heteroatoms. The van der Waals surface area contributed by atoms with Crippen LogP contribution in [0.1, 0.15) is 98.3 Å². The predicted octanol–water partition coefficient (Wildman–Crippen LogP) is 5.80. The second kappa shape index (κ2) is 7.31. The first-order chi connectivity index (χ1) is 12.7. The lowest BCUT2D eigenvalue weighted by Gasteiger charge is -2.60. The van der Waals surface area contributed by atoms with Gasteiger partial charge in [-0.2, -0.15) is 0 Å². The molecular weight excluding hydrogens is 332 g/mol. The minimum absolute atomic E-state index is 0.107. The molecule has 0 aromatic rings. The summed E-state index contributed by atoms with van der Waals surface area (Å²) >= 11 is 0. The van der Waals surface area contributed by atoms with Crippen molar-refractivity contribution >= 4 is 0 Å². The van der Waals surface area contributed by atoms with E-state index in [0.29, 0.717) is 11.3 Å². The van der Waals surface area contributed by atoms with Gasteiger partial charge in [0, 0.05) is 0 Å². The van der Waals surface area contributed by atoms with E-state index in [4.69, 9.17) is 0 Å². The average molecular weight is 377 g/mol. The van der Waals surface area contributed by atoms with Crippen molar-refractivity contribution in [1.82, 2.24) is 0 Å². The van der Waals surface area contributed by atoms with E-state index in [1.807, 2.05) is 0 Å². The van der Waals surface area contributed by atoms with Crippen LogP contribution in [0.4, 0.5) is 0 Å². The van der Waals surface area contributed by atoms with E-state index in [-0.39, 0.29) is 6.10 Å². The molecule has 9 unspecified atom stereocenters. The van der Waals surface area contributed by atoms with Crippen LogP contribution in [0.2, 0.25) is 0 Å². The van der Waals surface area contributed by atoms with E-state index in [9.17, 15) is 10.2 Å². The molecule has 2 N–H and O–H groups in total. The highest BCUT2D eigenvalue weighted by Crippen LogP contribution is 2.64. The van der Waals surface area contributed by atoms with Gasteiger partial charge in [0.05, 0.1) is 11.7 Å². The van der Waals surface area contributed by atoms with E-state index in [0.717, 1.165) is 54.8 Å². The molecule has 4 aliphatic rings. The molecule has 4 fully saturated rings. The highest BCUT2D eigenvalue weighted by molar-refractivity contribution is 5.07. The summed E-state index contributed by atoms with van der Waals surface area (Å²) in [5, 5.41) is 20.9. The first kappa shape index (κ1) is 20.2. The van der Waals surface area contributed by atoms with E-state index < -0.39 is 5.60 Å². The van der Waals surface area contributed by atoms with Gasteiger partial charge >= 0.3 is 0 Å². The zero-order valence-electron chi connectivity index (χ0n) is 18.3. The summed E-state index contributed by atoms with van der Waals surface area (Å²) < 4.78 is 0. The van der Waals surface area contributed by atoms with Gasteiger partial charge in [-0.05, 0) is 124 Å². The third-order valence-electron chi connectivity index (χ3n) is 10.0. The van der Waals surface area contributed by atoms with Crippen molar-refractivity contribution < 1.29 is 10.2 Å². The quantitative estimate of drug-likeness (QED) is 0.650. The van der Waals surface area contributed by atoms with Gasteiger partial charge in [0.2, 0.25) is 0 Å². The fraction of sp³-hybridized carbons (Fsp3) is 1.00. The molecule has 4 rings (SSSR count). The number of rotatable bonds is 4. The van der Waals surface area contributed by atoms with Crippen LogP contribution in [0.5, 0.6) is 0 Å². The minimum atomic E-state index is -0.413. The molecule has 0 radical (unpaired) electrons. The standard InChI is InChI=1S/C25H44O2/c1-16(2)23(26)12-6-17-5-8-20-19(17)10-11-22-21(20)9-7-18-15-24(3,27)13-14-25(18,22)4/h16-23,26-27H,5-15H2,1-4H3. The molecule has 0 saturated heterocycles. The van der Waals surface area contributed by atoms with Gasteiger partial charge in [0.1, 0.15) is 0 Å². The fourth-order valence-corrected chi connectivity index (χ4v) is 8.28. The van der Waals surface area contributed by atoms with Gasteiger partial charge < -0.3 is 10.2 Å². The first-order valence-electron chi connectivity index (χ1n) is 12.1. The Balaban J connectivity index is 1.42. The summed E-state index contributed by atoms with van der Waals surface area (Å²) in [6.07, 6.45) is 14.0. The van der Waals surface area contributed by atoms with Crippen molar-refractivity contribution in [2.75, 3.05) is 0 Å². The minimum Gasteiger partial charge on any atom is -0.393 e. The summed E-state index contributed by atoms with van der Waals surface area (Å²) in [6.45, 7) is 8.96. The maximum absolute atomic E-state index is 10.6. The molecule has 27 heavy (non-hydrogen) atoms. The predicted molar refractivity (Wildman–Crippen MR) is 111 cm³/mol. The summed E-state index contributed by atoms with van der Waals surface area (Å²) in [5.41, 5.74) is 0.0754. The number of aliphatic hydroxyl groups is 2. The number of hydrogen-bond donors (Lipinski definition) is 2. The molecule has 0 spiro atoms. The fourth-order valence-electron chi connectivity index (χ4n) is 8.28. The monoisotopic (exact) mass is 376 g/mol. The number of fused-ring (bicyclic) bond motifs is 5. The molecular formula is C25H44O2. The van der Waals surface area contributed by atoms with E-state index >= 15 is 0 Å². The second-order valence-electron chi connectivity index (χ2n) is 11.9. The second-order valence-corrected chi connectivity index (χ2v) is 11.9. The van der Waals surface area contributed by atoms with E-state index in [2.05, 4.69) is 27.7 Å². The Kier molecular flexibility index (Phi) is 5.47. The van der Waals surface area contributed by atoms with Crippen LogP contribution in [0.15, 0.2) is 0 Å². The third kappa shape index (κ3) is 3.63. The Bertz CT molecular complexity index is 526. The van der Waals surface area contributed by atoms with Crippen LogP contribution >= 0.6 is 0 Å². The summed E-state index contributed by atoms with van der Waals surface area (Å²) in [6, 6.07) is 0. The van der Waals surface area contributed by atoms with Crippen LogP contribution < -0.4 is 0 Å². The Morgan fingerprint density at radius 1 is 0.889 bits per heavy atom. The van der Waals surface area contributed by atoms with Gasteiger partial charge in [-0.25, -0.2) is 0 Å². The first-order valence-corrected chi connectivity index (χ1v) is 12.1.